The second kappa shape index (κ2) is 10.4. The molecule has 8 nitrogen and oxygen atoms in total. The van der Waals surface area contributed by atoms with Crippen molar-refractivity contribution in [1.82, 2.24) is 20.8 Å². The molecule has 2 unspecified atom stereocenters. The zero-order chi connectivity index (χ0) is 21.5. The third kappa shape index (κ3) is 6.16. The van der Waals surface area contributed by atoms with E-state index in [-0.39, 0.29) is 18.0 Å². The van der Waals surface area contributed by atoms with Crippen molar-refractivity contribution in [1.29, 1.82) is 0 Å². The predicted octanol–water partition coefficient (Wildman–Crippen LogP) is 3.52. The van der Waals surface area contributed by atoms with Crippen LogP contribution in [0.1, 0.15) is 63.0 Å². The summed E-state index contributed by atoms with van der Waals surface area (Å²) in [6.07, 6.45) is 2.11. The van der Waals surface area contributed by atoms with Crippen LogP contribution in [0.5, 0.6) is 5.75 Å². The van der Waals surface area contributed by atoms with Gasteiger partial charge in [-0.05, 0) is 57.2 Å². The molecule has 1 heterocycles. The van der Waals surface area contributed by atoms with Crippen molar-refractivity contribution in [2.45, 2.75) is 52.3 Å². The molecule has 1 aromatic carbocycles. The predicted molar refractivity (Wildman–Crippen MR) is 111 cm³/mol. The molecule has 164 valence electrons. The average Bonchev–Trinajstić information content (AvgIpc) is 3.45. The van der Waals surface area contributed by atoms with Gasteiger partial charge in [0.15, 0.2) is 23.4 Å². The van der Waals surface area contributed by atoms with Crippen molar-refractivity contribution in [3.8, 4) is 5.75 Å². The molecule has 0 bridgehead atoms. The fraction of sp³-hybridized carbons (Fsp3) is 0.571. The Morgan fingerprint density at radius 1 is 1.37 bits per heavy atom. The first-order valence-corrected chi connectivity index (χ1v) is 10.3. The van der Waals surface area contributed by atoms with Crippen molar-refractivity contribution >= 4 is 5.96 Å². The van der Waals surface area contributed by atoms with Crippen molar-refractivity contribution in [3.05, 3.63) is 41.3 Å². The number of halogens is 1. The maximum absolute atomic E-state index is 14.4. The van der Waals surface area contributed by atoms with Crippen molar-refractivity contribution in [2.24, 2.45) is 10.9 Å². The topological polar surface area (TPSA) is 93.8 Å². The Bertz CT molecular complexity index is 853. The van der Waals surface area contributed by atoms with E-state index in [1.54, 1.807) is 13.1 Å². The molecular formula is C21H30FN5O3. The lowest BCUT2D eigenvalue weighted by Gasteiger charge is -2.18. The summed E-state index contributed by atoms with van der Waals surface area (Å²) in [5, 5.41) is 10.3. The Morgan fingerprint density at radius 3 is 2.83 bits per heavy atom. The van der Waals surface area contributed by atoms with Gasteiger partial charge in [0, 0.05) is 13.7 Å². The van der Waals surface area contributed by atoms with E-state index in [0.717, 1.165) is 5.56 Å². The standard InChI is InChI=1S/C21H30FN5O3/c1-5-28-14(3)20-26-19(30-27-20)11-24-21(23-4)25-13(2)16-8-9-18(17(22)10-16)29-12-15-6-7-15/h8-10,13-15H,5-7,11-12H2,1-4H3,(H2,23,24,25). The number of rotatable bonds is 10. The van der Waals surface area contributed by atoms with Gasteiger partial charge in [-0.1, -0.05) is 11.2 Å². The number of hydrogen-bond acceptors (Lipinski definition) is 6. The van der Waals surface area contributed by atoms with Gasteiger partial charge in [0.1, 0.15) is 6.10 Å². The van der Waals surface area contributed by atoms with Gasteiger partial charge in [-0.3, -0.25) is 4.99 Å². The second-order valence-corrected chi connectivity index (χ2v) is 7.38. The molecule has 0 aliphatic heterocycles. The van der Waals surface area contributed by atoms with Crippen LogP contribution in [0.15, 0.2) is 27.7 Å². The van der Waals surface area contributed by atoms with E-state index in [0.29, 0.717) is 49.1 Å². The Kier molecular flexibility index (Phi) is 7.62. The van der Waals surface area contributed by atoms with Crippen LogP contribution in [-0.2, 0) is 11.3 Å². The van der Waals surface area contributed by atoms with Gasteiger partial charge >= 0.3 is 0 Å². The minimum atomic E-state index is -0.355. The number of aliphatic imine (C=N–C) groups is 1. The first-order chi connectivity index (χ1) is 14.5. The van der Waals surface area contributed by atoms with Crippen LogP contribution in [0.2, 0.25) is 0 Å². The number of nitrogens with one attached hydrogen (secondary N) is 2. The van der Waals surface area contributed by atoms with Crippen molar-refractivity contribution in [2.75, 3.05) is 20.3 Å². The maximum atomic E-state index is 14.4. The van der Waals surface area contributed by atoms with E-state index in [1.165, 1.54) is 18.9 Å². The molecule has 0 radical (unpaired) electrons. The summed E-state index contributed by atoms with van der Waals surface area (Å²) >= 11 is 0. The van der Waals surface area contributed by atoms with Crippen LogP contribution < -0.4 is 15.4 Å². The molecule has 3 rings (SSSR count). The highest BCUT2D eigenvalue weighted by molar-refractivity contribution is 5.80. The van der Waals surface area contributed by atoms with Crippen molar-refractivity contribution < 1.29 is 18.4 Å². The fourth-order valence-electron chi connectivity index (χ4n) is 2.87. The van der Waals surface area contributed by atoms with Crippen LogP contribution in [0.4, 0.5) is 4.39 Å². The molecule has 1 aliphatic rings. The van der Waals surface area contributed by atoms with Gasteiger partial charge in [0.2, 0.25) is 5.89 Å². The average molecular weight is 420 g/mol. The third-order valence-electron chi connectivity index (χ3n) is 4.88. The number of ether oxygens (including phenoxy) is 2. The minimum absolute atomic E-state index is 0.167. The molecule has 2 N–H and O–H groups in total. The number of guanidine groups is 1. The van der Waals surface area contributed by atoms with Gasteiger partial charge in [-0.15, -0.1) is 0 Å². The summed E-state index contributed by atoms with van der Waals surface area (Å²) in [7, 11) is 1.66. The molecule has 1 fully saturated rings. The van der Waals surface area contributed by atoms with E-state index in [1.807, 2.05) is 26.8 Å². The molecule has 1 aliphatic carbocycles. The summed E-state index contributed by atoms with van der Waals surface area (Å²) in [6.45, 7) is 7.18. The van der Waals surface area contributed by atoms with Gasteiger partial charge in [0.05, 0.1) is 19.2 Å². The number of aromatic nitrogens is 2. The van der Waals surface area contributed by atoms with Crippen LogP contribution >= 0.6 is 0 Å². The SMILES string of the molecule is CCOC(C)c1noc(CNC(=NC)NC(C)c2ccc(OCC3CC3)c(F)c2)n1. The first kappa shape index (κ1) is 22.0. The molecule has 0 amide bonds. The van der Waals surface area contributed by atoms with Crippen LogP contribution in [0.3, 0.4) is 0 Å². The molecular weight excluding hydrogens is 389 g/mol. The molecule has 2 atom stereocenters. The van der Waals surface area contributed by atoms with E-state index < -0.39 is 0 Å². The molecule has 1 aromatic heterocycles. The summed E-state index contributed by atoms with van der Waals surface area (Å²) in [4.78, 5) is 8.51. The van der Waals surface area contributed by atoms with Gasteiger partial charge in [-0.25, -0.2) is 4.39 Å². The lowest BCUT2D eigenvalue weighted by Crippen LogP contribution is -2.38. The molecule has 9 heteroatoms. The summed E-state index contributed by atoms with van der Waals surface area (Å²) < 4.78 is 30.6. The van der Waals surface area contributed by atoms with Gasteiger partial charge in [-0.2, -0.15) is 4.98 Å². The summed E-state index contributed by atoms with van der Waals surface area (Å²) in [5.74, 6) is 1.99. The zero-order valence-corrected chi connectivity index (χ0v) is 17.9. The molecule has 2 aromatic rings. The second-order valence-electron chi connectivity index (χ2n) is 7.38. The molecule has 0 spiro atoms. The van der Waals surface area contributed by atoms with E-state index >= 15 is 0 Å². The lowest BCUT2D eigenvalue weighted by molar-refractivity contribution is 0.0683. The number of benzene rings is 1. The number of hydrogen-bond donors (Lipinski definition) is 2. The highest BCUT2D eigenvalue weighted by atomic mass is 19.1. The Hall–Kier alpha value is -2.68. The fourth-order valence-corrected chi connectivity index (χ4v) is 2.87. The summed E-state index contributed by atoms with van der Waals surface area (Å²) in [5.41, 5.74) is 0.792. The normalized spacial score (nSPS) is 16.2. The highest BCUT2D eigenvalue weighted by Crippen LogP contribution is 2.30. The van der Waals surface area contributed by atoms with Crippen LogP contribution in [0, 0.1) is 11.7 Å². The Balaban J connectivity index is 1.51. The van der Waals surface area contributed by atoms with Gasteiger partial charge < -0.3 is 24.6 Å². The largest absolute Gasteiger partial charge is 0.490 e. The maximum Gasteiger partial charge on any atom is 0.246 e. The first-order valence-electron chi connectivity index (χ1n) is 10.3. The van der Waals surface area contributed by atoms with Crippen molar-refractivity contribution in [3.63, 3.8) is 0 Å². The quantitative estimate of drug-likeness (QED) is 0.449. The molecule has 30 heavy (non-hydrogen) atoms. The monoisotopic (exact) mass is 419 g/mol. The highest BCUT2D eigenvalue weighted by Gasteiger charge is 2.22. The number of nitrogens with zero attached hydrogens (tertiary/aromatic N) is 3. The van der Waals surface area contributed by atoms with Crippen LogP contribution in [0.25, 0.3) is 0 Å². The third-order valence-corrected chi connectivity index (χ3v) is 4.88. The van der Waals surface area contributed by atoms with Gasteiger partial charge in [0.25, 0.3) is 0 Å². The van der Waals surface area contributed by atoms with Crippen LogP contribution in [-0.4, -0.2) is 36.4 Å². The molecule has 1 saturated carbocycles. The van der Waals surface area contributed by atoms with E-state index in [9.17, 15) is 4.39 Å². The van der Waals surface area contributed by atoms with E-state index in [2.05, 4.69) is 25.8 Å². The molecule has 0 saturated heterocycles. The Labute approximate surface area is 176 Å². The smallest absolute Gasteiger partial charge is 0.246 e. The zero-order valence-electron chi connectivity index (χ0n) is 17.9. The summed E-state index contributed by atoms with van der Waals surface area (Å²) in [6, 6.07) is 4.86. The lowest BCUT2D eigenvalue weighted by atomic mass is 10.1. The minimum Gasteiger partial charge on any atom is -0.490 e. The van der Waals surface area contributed by atoms with E-state index in [4.69, 9.17) is 14.0 Å². The Morgan fingerprint density at radius 2 is 2.17 bits per heavy atom.